The van der Waals surface area contributed by atoms with Crippen LogP contribution in [0.4, 0.5) is 0 Å². The quantitative estimate of drug-likeness (QED) is 0.833. The summed E-state index contributed by atoms with van der Waals surface area (Å²) in [7, 11) is 1.68. The van der Waals surface area contributed by atoms with Crippen LogP contribution in [0.25, 0.3) is 0 Å². The number of rotatable bonds is 4. The lowest BCUT2D eigenvalue weighted by molar-refractivity contribution is 0.176. The highest BCUT2D eigenvalue weighted by Gasteiger charge is 2.15. The first-order chi connectivity index (χ1) is 8.83. The Kier molecular flexibility index (Phi) is 4.88. The number of hydrogen-bond donors (Lipinski definition) is 1. The number of hydrogen-bond acceptors (Lipinski definition) is 3. The molecule has 3 heteroatoms. The van der Waals surface area contributed by atoms with Gasteiger partial charge in [-0.25, -0.2) is 0 Å². The van der Waals surface area contributed by atoms with E-state index in [0.29, 0.717) is 12.6 Å². The van der Waals surface area contributed by atoms with Crippen LogP contribution < -0.4 is 15.2 Å². The molecule has 18 heavy (non-hydrogen) atoms. The Morgan fingerprint density at radius 2 is 1.83 bits per heavy atom. The van der Waals surface area contributed by atoms with Crippen molar-refractivity contribution in [3.05, 3.63) is 23.8 Å². The Balaban J connectivity index is 2.07. The molecule has 0 radical (unpaired) electrons. The van der Waals surface area contributed by atoms with Crippen LogP contribution in [0.15, 0.2) is 18.2 Å². The largest absolute Gasteiger partial charge is 0.493 e. The minimum absolute atomic E-state index is 0.338. The van der Waals surface area contributed by atoms with Gasteiger partial charge in [-0.05, 0) is 43.4 Å². The van der Waals surface area contributed by atoms with Gasteiger partial charge in [0.15, 0.2) is 11.5 Å². The minimum Gasteiger partial charge on any atom is -0.493 e. The van der Waals surface area contributed by atoms with Gasteiger partial charge < -0.3 is 15.2 Å². The lowest BCUT2D eigenvalue weighted by Gasteiger charge is -2.19. The van der Waals surface area contributed by atoms with Crippen molar-refractivity contribution in [3.8, 4) is 11.5 Å². The van der Waals surface area contributed by atoms with Crippen LogP contribution in [0, 0.1) is 0 Å². The van der Waals surface area contributed by atoms with Gasteiger partial charge in [-0.15, -0.1) is 0 Å². The van der Waals surface area contributed by atoms with Crippen LogP contribution in [-0.2, 0) is 6.54 Å². The molecule has 0 atom stereocenters. The lowest BCUT2D eigenvalue weighted by Crippen LogP contribution is -2.15. The Hall–Kier alpha value is -1.22. The van der Waals surface area contributed by atoms with Gasteiger partial charge in [0, 0.05) is 6.54 Å². The summed E-state index contributed by atoms with van der Waals surface area (Å²) in [6.07, 6.45) is 7.86. The maximum absolute atomic E-state index is 6.09. The molecule has 1 aromatic carbocycles. The number of ether oxygens (including phenoxy) is 2. The van der Waals surface area contributed by atoms with E-state index in [1.165, 1.54) is 25.7 Å². The van der Waals surface area contributed by atoms with Gasteiger partial charge in [0.2, 0.25) is 0 Å². The molecular formula is C15H23NO2. The normalized spacial score (nSPS) is 17.2. The molecule has 1 saturated carbocycles. The second-order valence-electron chi connectivity index (χ2n) is 4.92. The van der Waals surface area contributed by atoms with E-state index in [2.05, 4.69) is 0 Å². The van der Waals surface area contributed by atoms with Gasteiger partial charge in [-0.3, -0.25) is 0 Å². The van der Waals surface area contributed by atoms with E-state index >= 15 is 0 Å². The zero-order chi connectivity index (χ0) is 12.8. The van der Waals surface area contributed by atoms with Crippen LogP contribution in [0.1, 0.15) is 44.1 Å². The van der Waals surface area contributed by atoms with Gasteiger partial charge in [-0.1, -0.05) is 18.9 Å². The SMILES string of the molecule is COc1cc(CN)ccc1OC1CCCCCC1. The smallest absolute Gasteiger partial charge is 0.161 e. The summed E-state index contributed by atoms with van der Waals surface area (Å²) >= 11 is 0. The molecule has 2 rings (SSSR count). The van der Waals surface area contributed by atoms with E-state index < -0.39 is 0 Å². The lowest BCUT2D eigenvalue weighted by atomic mass is 10.1. The molecule has 0 saturated heterocycles. The Labute approximate surface area is 109 Å². The maximum Gasteiger partial charge on any atom is 0.161 e. The van der Waals surface area contributed by atoms with Crippen LogP contribution >= 0.6 is 0 Å². The molecule has 0 amide bonds. The third-order valence-electron chi connectivity index (χ3n) is 3.56. The van der Waals surface area contributed by atoms with Gasteiger partial charge in [-0.2, -0.15) is 0 Å². The summed E-state index contributed by atoms with van der Waals surface area (Å²) in [5.74, 6) is 1.64. The molecule has 100 valence electrons. The Morgan fingerprint density at radius 3 is 2.44 bits per heavy atom. The van der Waals surface area contributed by atoms with Crippen molar-refractivity contribution in [2.24, 2.45) is 5.73 Å². The van der Waals surface area contributed by atoms with Gasteiger partial charge in [0.1, 0.15) is 0 Å². The summed E-state index contributed by atoms with van der Waals surface area (Å²) in [6.45, 7) is 0.528. The van der Waals surface area contributed by atoms with Crippen LogP contribution in [-0.4, -0.2) is 13.2 Å². The molecule has 0 spiro atoms. The highest BCUT2D eigenvalue weighted by atomic mass is 16.5. The first-order valence-corrected chi connectivity index (χ1v) is 6.87. The van der Waals surface area contributed by atoms with E-state index in [4.69, 9.17) is 15.2 Å². The molecule has 1 aliphatic rings. The second-order valence-corrected chi connectivity index (χ2v) is 4.92. The fourth-order valence-electron chi connectivity index (χ4n) is 2.48. The number of benzene rings is 1. The molecule has 3 nitrogen and oxygen atoms in total. The average molecular weight is 249 g/mol. The van der Waals surface area contributed by atoms with Crippen molar-refractivity contribution in [3.63, 3.8) is 0 Å². The van der Waals surface area contributed by atoms with E-state index in [0.717, 1.165) is 29.9 Å². The summed E-state index contributed by atoms with van der Waals surface area (Å²) in [4.78, 5) is 0. The molecule has 0 unspecified atom stereocenters. The zero-order valence-corrected chi connectivity index (χ0v) is 11.2. The zero-order valence-electron chi connectivity index (χ0n) is 11.2. The van der Waals surface area contributed by atoms with Crippen LogP contribution in [0.3, 0.4) is 0 Å². The molecular weight excluding hydrogens is 226 g/mol. The summed E-state index contributed by atoms with van der Waals surface area (Å²) < 4.78 is 11.5. The fraction of sp³-hybridized carbons (Fsp3) is 0.600. The van der Waals surface area contributed by atoms with E-state index in [9.17, 15) is 0 Å². The summed E-state index contributed by atoms with van der Waals surface area (Å²) in [5.41, 5.74) is 6.70. The fourth-order valence-corrected chi connectivity index (χ4v) is 2.48. The summed E-state index contributed by atoms with van der Waals surface area (Å²) in [5, 5.41) is 0. The third-order valence-corrected chi connectivity index (χ3v) is 3.56. The highest BCUT2D eigenvalue weighted by molar-refractivity contribution is 5.43. The minimum atomic E-state index is 0.338. The van der Waals surface area contributed by atoms with Gasteiger partial charge >= 0.3 is 0 Å². The molecule has 0 heterocycles. The molecule has 0 bridgehead atoms. The monoisotopic (exact) mass is 249 g/mol. The molecule has 2 N–H and O–H groups in total. The Morgan fingerprint density at radius 1 is 1.11 bits per heavy atom. The highest BCUT2D eigenvalue weighted by Crippen LogP contribution is 2.31. The number of nitrogens with two attached hydrogens (primary N) is 1. The van der Waals surface area contributed by atoms with E-state index in [1.807, 2.05) is 18.2 Å². The Bertz CT molecular complexity index is 371. The summed E-state index contributed by atoms with van der Waals surface area (Å²) in [6, 6.07) is 5.95. The van der Waals surface area contributed by atoms with E-state index in [1.54, 1.807) is 7.11 Å². The standard InChI is InChI=1S/C15H23NO2/c1-17-15-10-12(11-16)8-9-14(15)18-13-6-4-2-3-5-7-13/h8-10,13H,2-7,11,16H2,1H3. The molecule has 0 aliphatic heterocycles. The molecule has 1 aliphatic carbocycles. The number of methoxy groups -OCH3 is 1. The molecule has 1 aromatic rings. The van der Waals surface area contributed by atoms with Crippen molar-refractivity contribution < 1.29 is 9.47 Å². The van der Waals surface area contributed by atoms with Crippen LogP contribution in [0.5, 0.6) is 11.5 Å². The van der Waals surface area contributed by atoms with Crippen molar-refractivity contribution in [2.45, 2.75) is 51.2 Å². The van der Waals surface area contributed by atoms with Crippen molar-refractivity contribution in [1.29, 1.82) is 0 Å². The predicted octanol–water partition coefficient (Wildman–Crippen LogP) is 3.26. The second kappa shape index (κ2) is 6.64. The van der Waals surface area contributed by atoms with Crippen molar-refractivity contribution in [2.75, 3.05) is 7.11 Å². The van der Waals surface area contributed by atoms with Gasteiger partial charge in [0.25, 0.3) is 0 Å². The predicted molar refractivity (Wildman–Crippen MR) is 73.0 cm³/mol. The van der Waals surface area contributed by atoms with Gasteiger partial charge in [0.05, 0.1) is 13.2 Å². The first kappa shape index (κ1) is 13.2. The van der Waals surface area contributed by atoms with Crippen molar-refractivity contribution >= 4 is 0 Å². The molecule has 1 fully saturated rings. The maximum atomic E-state index is 6.09. The van der Waals surface area contributed by atoms with Crippen molar-refractivity contribution in [1.82, 2.24) is 0 Å². The third kappa shape index (κ3) is 3.39. The molecule has 0 aromatic heterocycles. The average Bonchev–Trinajstić information content (AvgIpc) is 2.68. The first-order valence-electron chi connectivity index (χ1n) is 6.87. The van der Waals surface area contributed by atoms with E-state index in [-0.39, 0.29) is 0 Å². The van der Waals surface area contributed by atoms with Crippen LogP contribution in [0.2, 0.25) is 0 Å². The topological polar surface area (TPSA) is 44.5 Å².